The summed E-state index contributed by atoms with van der Waals surface area (Å²) in [4.78, 5) is 0. The van der Waals surface area contributed by atoms with E-state index in [4.69, 9.17) is 0 Å². The molecule has 0 aromatic heterocycles. The molecule has 150 valence electrons. The molecule has 0 fully saturated rings. The Bertz CT molecular complexity index is 908. The van der Waals surface area contributed by atoms with Crippen LogP contribution in [0.15, 0.2) is 103 Å². The largest absolute Gasteiger partial charge is 0.296 e. The quantitative estimate of drug-likeness (QED) is 0.332. The van der Waals surface area contributed by atoms with Gasteiger partial charge in [0.2, 0.25) is 7.29 Å². The normalized spacial score (nSPS) is 13.2. The minimum atomic E-state index is -3.02. The molecule has 1 N–H and O–H groups in total. The lowest BCUT2D eigenvalue weighted by atomic mass is 10.0. The third-order valence-electron chi connectivity index (χ3n) is 5.10. The minimum Gasteiger partial charge on any atom is -0.296 e. The number of benzene rings is 3. The molecule has 0 unspecified atom stereocenters. The van der Waals surface area contributed by atoms with Gasteiger partial charge in [0.1, 0.15) is 0 Å². The summed E-state index contributed by atoms with van der Waals surface area (Å²) < 4.78 is 14.5. The van der Waals surface area contributed by atoms with E-state index in [1.807, 2.05) is 78.9 Å². The maximum absolute atomic E-state index is 14.5. The number of nitrogens with one attached hydrogen (secondary N) is 1. The Morgan fingerprint density at radius 2 is 1.34 bits per heavy atom. The fourth-order valence-corrected chi connectivity index (χ4v) is 5.86. The molecule has 2 nitrogen and oxygen atoms in total. The van der Waals surface area contributed by atoms with E-state index < -0.39 is 7.29 Å². The molecule has 0 aliphatic rings. The Kier molecular flexibility index (Phi) is 7.63. The van der Waals surface area contributed by atoms with Crippen molar-refractivity contribution in [3.63, 3.8) is 0 Å². The van der Waals surface area contributed by atoms with Crippen molar-refractivity contribution in [1.29, 1.82) is 0 Å². The summed E-state index contributed by atoms with van der Waals surface area (Å²) in [6, 6.07) is 29.7. The number of hydrogen-bond donors (Lipinski definition) is 1. The van der Waals surface area contributed by atoms with Crippen molar-refractivity contribution >= 4 is 17.9 Å². The van der Waals surface area contributed by atoms with Crippen LogP contribution in [-0.4, -0.2) is 0 Å². The Morgan fingerprint density at radius 3 is 1.83 bits per heavy atom. The molecule has 29 heavy (non-hydrogen) atoms. The van der Waals surface area contributed by atoms with E-state index >= 15 is 0 Å². The maximum atomic E-state index is 14.5. The molecule has 0 heterocycles. The highest BCUT2D eigenvalue weighted by atomic mass is 31.2. The highest BCUT2D eigenvalue weighted by Crippen LogP contribution is 2.42. The van der Waals surface area contributed by atoms with E-state index in [-0.39, 0.29) is 6.04 Å². The van der Waals surface area contributed by atoms with Crippen molar-refractivity contribution in [3.05, 3.63) is 108 Å². The zero-order valence-corrected chi connectivity index (χ0v) is 18.2. The van der Waals surface area contributed by atoms with E-state index in [9.17, 15) is 4.57 Å². The topological polar surface area (TPSA) is 29.1 Å². The van der Waals surface area contributed by atoms with Gasteiger partial charge in [-0.25, -0.2) is 5.09 Å². The van der Waals surface area contributed by atoms with E-state index in [2.05, 4.69) is 37.1 Å². The molecule has 3 rings (SSSR count). The molecular formula is C26H30NOP. The van der Waals surface area contributed by atoms with Crippen LogP contribution in [0.5, 0.6) is 0 Å². The highest BCUT2D eigenvalue weighted by molar-refractivity contribution is 7.76. The second-order valence-electron chi connectivity index (χ2n) is 7.41. The maximum Gasteiger partial charge on any atom is 0.205 e. The molecule has 0 saturated carbocycles. The molecule has 0 aliphatic heterocycles. The average molecular weight is 404 g/mol. The second kappa shape index (κ2) is 10.4. The first-order valence-corrected chi connectivity index (χ1v) is 12.1. The van der Waals surface area contributed by atoms with Crippen molar-refractivity contribution in [1.82, 2.24) is 5.09 Å². The third kappa shape index (κ3) is 5.56. The van der Waals surface area contributed by atoms with Crippen LogP contribution < -0.4 is 15.7 Å². The molecule has 0 aliphatic carbocycles. The molecule has 3 heteroatoms. The molecule has 1 atom stereocenters. The lowest BCUT2D eigenvalue weighted by Gasteiger charge is -2.26. The van der Waals surface area contributed by atoms with Crippen LogP contribution in [0.3, 0.4) is 0 Å². The summed E-state index contributed by atoms with van der Waals surface area (Å²) in [6.07, 6.45) is 5.63. The summed E-state index contributed by atoms with van der Waals surface area (Å²) >= 11 is 0. The van der Waals surface area contributed by atoms with Crippen molar-refractivity contribution in [3.8, 4) is 0 Å². The van der Waals surface area contributed by atoms with E-state index in [0.717, 1.165) is 22.6 Å². The molecule has 3 aromatic rings. The molecular weight excluding hydrogens is 373 g/mol. The Morgan fingerprint density at radius 1 is 0.862 bits per heavy atom. The monoisotopic (exact) mass is 403 g/mol. The third-order valence-corrected chi connectivity index (χ3v) is 7.79. The van der Waals surface area contributed by atoms with Crippen molar-refractivity contribution in [2.45, 2.75) is 39.2 Å². The molecule has 0 amide bonds. The van der Waals surface area contributed by atoms with Crippen molar-refractivity contribution in [2.24, 2.45) is 0 Å². The minimum absolute atomic E-state index is 0.126. The first kappa shape index (κ1) is 21.3. The lowest BCUT2D eigenvalue weighted by Crippen LogP contribution is -2.30. The van der Waals surface area contributed by atoms with Gasteiger partial charge in [0.25, 0.3) is 0 Å². The van der Waals surface area contributed by atoms with Gasteiger partial charge in [-0.15, -0.1) is 0 Å². The predicted molar refractivity (Wildman–Crippen MR) is 125 cm³/mol. The van der Waals surface area contributed by atoms with Crippen LogP contribution in [0.2, 0.25) is 0 Å². The molecule has 0 spiro atoms. The second-order valence-corrected chi connectivity index (χ2v) is 9.92. The fourth-order valence-electron chi connectivity index (χ4n) is 3.46. The Balaban J connectivity index is 2.05. The summed E-state index contributed by atoms with van der Waals surface area (Å²) in [6.45, 7) is 4.38. The van der Waals surface area contributed by atoms with E-state index in [1.54, 1.807) is 0 Å². The molecule has 0 radical (unpaired) electrons. The summed E-state index contributed by atoms with van der Waals surface area (Å²) in [5, 5.41) is 5.22. The number of hydrogen-bond acceptors (Lipinski definition) is 1. The average Bonchev–Trinajstić information content (AvgIpc) is 2.79. The van der Waals surface area contributed by atoms with Gasteiger partial charge in [-0.3, -0.25) is 4.57 Å². The van der Waals surface area contributed by atoms with Crippen LogP contribution in [0.25, 0.3) is 0 Å². The highest BCUT2D eigenvalue weighted by Gasteiger charge is 2.30. The SMILES string of the molecule is CCCCC(C)=C[C@@H](NP(=O)(c1ccccc1)c1ccccc1)c1ccccc1. The zero-order chi connectivity index (χ0) is 20.5. The van der Waals surface area contributed by atoms with Crippen LogP contribution >= 0.6 is 7.29 Å². The van der Waals surface area contributed by atoms with Crippen molar-refractivity contribution in [2.75, 3.05) is 0 Å². The van der Waals surface area contributed by atoms with Crippen LogP contribution in [0.1, 0.15) is 44.7 Å². The van der Waals surface area contributed by atoms with Gasteiger partial charge in [-0.2, -0.15) is 0 Å². The lowest BCUT2D eigenvalue weighted by molar-refractivity contribution is 0.573. The fraction of sp³-hybridized carbons (Fsp3) is 0.231. The number of allylic oxidation sites excluding steroid dienone is 1. The van der Waals surface area contributed by atoms with Crippen LogP contribution in [0, 0.1) is 0 Å². The van der Waals surface area contributed by atoms with Gasteiger partial charge < -0.3 is 0 Å². The number of unbranched alkanes of at least 4 members (excludes halogenated alkanes) is 1. The Hall–Kier alpha value is -2.41. The van der Waals surface area contributed by atoms with Crippen LogP contribution in [0.4, 0.5) is 0 Å². The van der Waals surface area contributed by atoms with Gasteiger partial charge in [-0.05, 0) is 49.6 Å². The number of rotatable bonds is 9. The summed E-state index contributed by atoms with van der Waals surface area (Å²) in [5.74, 6) is 0. The standard InChI is InChI=1S/C26H30NOP/c1-3-4-14-22(2)21-26(23-15-8-5-9-16-23)27-29(28,24-17-10-6-11-18-24)25-19-12-7-13-20-25/h5-13,15-21,26H,3-4,14H2,1-2H3,(H,27,28)/t26-/m1/s1. The molecule has 0 saturated heterocycles. The van der Waals surface area contributed by atoms with Crippen LogP contribution in [-0.2, 0) is 4.57 Å². The van der Waals surface area contributed by atoms with Gasteiger partial charge in [-0.1, -0.05) is 91.7 Å². The first-order chi connectivity index (χ1) is 14.1. The van der Waals surface area contributed by atoms with E-state index in [1.165, 1.54) is 18.4 Å². The first-order valence-electron chi connectivity index (χ1n) is 10.3. The van der Waals surface area contributed by atoms with E-state index in [0.29, 0.717) is 0 Å². The van der Waals surface area contributed by atoms with Gasteiger partial charge in [0.15, 0.2) is 0 Å². The summed E-state index contributed by atoms with van der Waals surface area (Å²) in [5.41, 5.74) is 2.44. The molecule has 3 aromatic carbocycles. The Labute approximate surface area is 175 Å². The van der Waals surface area contributed by atoms with Gasteiger partial charge in [0.05, 0.1) is 6.04 Å². The predicted octanol–water partition coefficient (Wildman–Crippen LogP) is 6.38. The van der Waals surface area contributed by atoms with Gasteiger partial charge in [0, 0.05) is 10.6 Å². The smallest absolute Gasteiger partial charge is 0.205 e. The summed E-state index contributed by atoms with van der Waals surface area (Å²) in [7, 11) is -3.02. The zero-order valence-electron chi connectivity index (χ0n) is 17.3. The molecule has 0 bridgehead atoms. The van der Waals surface area contributed by atoms with Gasteiger partial charge >= 0.3 is 0 Å². The van der Waals surface area contributed by atoms with Crippen molar-refractivity contribution < 1.29 is 4.57 Å².